The maximum Gasteiger partial charge on any atom is 0.145 e. The summed E-state index contributed by atoms with van der Waals surface area (Å²) in [5, 5.41) is 13.0. The van der Waals surface area contributed by atoms with Gasteiger partial charge in [-0.3, -0.25) is 0 Å². The van der Waals surface area contributed by atoms with Crippen molar-refractivity contribution >= 4 is 29.0 Å². The van der Waals surface area contributed by atoms with Crippen molar-refractivity contribution in [2.24, 2.45) is 0 Å². The van der Waals surface area contributed by atoms with Crippen molar-refractivity contribution in [3.8, 4) is 0 Å². The number of hydrogen-bond donors (Lipinski definition) is 2. The van der Waals surface area contributed by atoms with E-state index in [9.17, 15) is 0 Å². The topological polar surface area (TPSA) is 45.1 Å². The van der Waals surface area contributed by atoms with Gasteiger partial charge < -0.3 is 10.4 Å². The van der Waals surface area contributed by atoms with Crippen LogP contribution in [0, 0.1) is 0 Å². The molecule has 1 heterocycles. The molecule has 0 aliphatic carbocycles. The summed E-state index contributed by atoms with van der Waals surface area (Å²) in [6, 6.07) is 1.59. The molecule has 0 radical (unpaired) electrons. The molecule has 1 aromatic rings. The van der Waals surface area contributed by atoms with Crippen LogP contribution in [-0.2, 0) is 0 Å². The van der Waals surface area contributed by atoms with Gasteiger partial charge in [0.1, 0.15) is 5.82 Å². The van der Waals surface area contributed by atoms with Gasteiger partial charge in [-0.15, -0.1) is 0 Å². The van der Waals surface area contributed by atoms with E-state index >= 15 is 0 Å². The summed E-state index contributed by atoms with van der Waals surface area (Å²) < 4.78 is 0. The number of pyridine rings is 1. The number of nitrogens with one attached hydrogen (secondary N) is 1. The van der Waals surface area contributed by atoms with Crippen molar-refractivity contribution in [3.63, 3.8) is 0 Å². The maximum atomic E-state index is 8.97. The Morgan fingerprint density at radius 3 is 2.79 bits per heavy atom. The predicted octanol–water partition coefficient (Wildman–Crippen LogP) is 2.57. The first kappa shape index (κ1) is 11.6. The SMILES string of the molecule is CC[C@@H](CO)Nc1ncc(Cl)cc1Cl. The van der Waals surface area contributed by atoms with Crippen LogP contribution in [0.1, 0.15) is 13.3 Å². The zero-order chi connectivity index (χ0) is 10.6. The van der Waals surface area contributed by atoms with Crippen LogP contribution in [-0.4, -0.2) is 22.7 Å². The first-order chi connectivity index (χ1) is 6.67. The molecule has 0 saturated carbocycles. The summed E-state index contributed by atoms with van der Waals surface area (Å²) in [5.41, 5.74) is 0. The third kappa shape index (κ3) is 3.01. The fourth-order valence-corrected chi connectivity index (χ4v) is 1.43. The summed E-state index contributed by atoms with van der Waals surface area (Å²) in [6.07, 6.45) is 2.32. The average molecular weight is 235 g/mol. The molecule has 0 aliphatic rings. The second-order valence-corrected chi connectivity index (χ2v) is 3.76. The second kappa shape index (κ2) is 5.39. The average Bonchev–Trinajstić information content (AvgIpc) is 2.17. The number of aliphatic hydroxyl groups excluding tert-OH is 1. The molecular formula is C9H12Cl2N2O. The van der Waals surface area contributed by atoms with Crippen LogP contribution in [0.15, 0.2) is 12.3 Å². The lowest BCUT2D eigenvalue weighted by Crippen LogP contribution is -2.23. The van der Waals surface area contributed by atoms with Crippen molar-refractivity contribution in [2.45, 2.75) is 19.4 Å². The zero-order valence-corrected chi connectivity index (χ0v) is 9.31. The van der Waals surface area contributed by atoms with Crippen LogP contribution >= 0.6 is 23.2 Å². The maximum absolute atomic E-state index is 8.97. The van der Waals surface area contributed by atoms with Crippen LogP contribution in [0.5, 0.6) is 0 Å². The van der Waals surface area contributed by atoms with Crippen molar-refractivity contribution < 1.29 is 5.11 Å². The standard InChI is InChI=1S/C9H12Cl2N2O/c1-2-7(5-14)13-9-8(11)3-6(10)4-12-9/h3-4,7,14H,2,5H2,1H3,(H,12,13)/t7-/m0/s1. The molecule has 1 aromatic heterocycles. The lowest BCUT2D eigenvalue weighted by atomic mass is 10.2. The molecule has 0 aliphatic heterocycles. The fraction of sp³-hybridized carbons (Fsp3) is 0.444. The first-order valence-electron chi connectivity index (χ1n) is 4.35. The van der Waals surface area contributed by atoms with Gasteiger partial charge in [0.15, 0.2) is 0 Å². The van der Waals surface area contributed by atoms with Gasteiger partial charge in [0, 0.05) is 6.20 Å². The Hall–Kier alpha value is -0.510. The normalized spacial score (nSPS) is 12.6. The van der Waals surface area contributed by atoms with Gasteiger partial charge in [-0.05, 0) is 12.5 Å². The van der Waals surface area contributed by atoms with Crippen molar-refractivity contribution in [1.29, 1.82) is 0 Å². The highest BCUT2D eigenvalue weighted by Crippen LogP contribution is 2.23. The van der Waals surface area contributed by atoms with E-state index in [4.69, 9.17) is 28.3 Å². The summed E-state index contributed by atoms with van der Waals surface area (Å²) in [4.78, 5) is 4.03. The van der Waals surface area contributed by atoms with Gasteiger partial charge in [-0.2, -0.15) is 0 Å². The molecule has 0 bridgehead atoms. The smallest absolute Gasteiger partial charge is 0.145 e. The van der Waals surface area contributed by atoms with Crippen molar-refractivity contribution in [2.75, 3.05) is 11.9 Å². The Morgan fingerprint density at radius 1 is 1.57 bits per heavy atom. The Bertz CT molecular complexity index is 303. The molecule has 0 fully saturated rings. The largest absolute Gasteiger partial charge is 0.394 e. The van der Waals surface area contributed by atoms with E-state index < -0.39 is 0 Å². The van der Waals surface area contributed by atoms with E-state index in [1.165, 1.54) is 6.20 Å². The highest BCUT2D eigenvalue weighted by atomic mass is 35.5. The quantitative estimate of drug-likeness (QED) is 0.842. The van der Waals surface area contributed by atoms with Crippen molar-refractivity contribution in [1.82, 2.24) is 4.98 Å². The number of aliphatic hydroxyl groups is 1. The molecule has 0 aromatic carbocycles. The van der Waals surface area contributed by atoms with Gasteiger partial charge in [0.05, 0.1) is 22.7 Å². The highest BCUT2D eigenvalue weighted by molar-refractivity contribution is 6.35. The van der Waals surface area contributed by atoms with E-state index in [-0.39, 0.29) is 12.6 Å². The second-order valence-electron chi connectivity index (χ2n) is 2.92. The number of nitrogens with zero attached hydrogens (tertiary/aromatic N) is 1. The van der Waals surface area contributed by atoms with Gasteiger partial charge in [-0.25, -0.2) is 4.98 Å². The van der Waals surface area contributed by atoms with Crippen molar-refractivity contribution in [3.05, 3.63) is 22.3 Å². The number of anilines is 1. The van der Waals surface area contributed by atoms with Gasteiger partial charge in [0.2, 0.25) is 0 Å². The monoisotopic (exact) mass is 234 g/mol. The lowest BCUT2D eigenvalue weighted by molar-refractivity contribution is 0.271. The van der Waals surface area contributed by atoms with E-state index in [0.29, 0.717) is 15.9 Å². The fourth-order valence-electron chi connectivity index (χ4n) is 0.991. The summed E-state index contributed by atoms with van der Waals surface area (Å²) in [7, 11) is 0. The van der Waals surface area contributed by atoms with Gasteiger partial charge in [0.25, 0.3) is 0 Å². The van der Waals surface area contributed by atoms with Crippen LogP contribution < -0.4 is 5.32 Å². The number of halogens is 2. The predicted molar refractivity (Wildman–Crippen MR) is 59.0 cm³/mol. The molecular weight excluding hydrogens is 223 g/mol. The van der Waals surface area contributed by atoms with Crippen LogP contribution in [0.2, 0.25) is 10.0 Å². The van der Waals surface area contributed by atoms with Gasteiger partial charge in [-0.1, -0.05) is 30.1 Å². The lowest BCUT2D eigenvalue weighted by Gasteiger charge is -2.15. The van der Waals surface area contributed by atoms with E-state index in [1.807, 2.05) is 6.92 Å². The Kier molecular flexibility index (Phi) is 4.45. The molecule has 3 nitrogen and oxygen atoms in total. The molecule has 1 rings (SSSR count). The van der Waals surface area contributed by atoms with Gasteiger partial charge >= 0.3 is 0 Å². The molecule has 5 heteroatoms. The number of aromatic nitrogens is 1. The van der Waals surface area contributed by atoms with E-state index in [1.54, 1.807) is 6.07 Å². The Balaban J connectivity index is 2.76. The minimum atomic E-state index is -0.0267. The third-order valence-electron chi connectivity index (χ3n) is 1.86. The third-order valence-corrected chi connectivity index (χ3v) is 2.36. The summed E-state index contributed by atoms with van der Waals surface area (Å²) in [6.45, 7) is 2.02. The minimum Gasteiger partial charge on any atom is -0.394 e. The molecule has 2 N–H and O–H groups in total. The molecule has 0 spiro atoms. The highest BCUT2D eigenvalue weighted by Gasteiger charge is 2.08. The van der Waals surface area contributed by atoms with Crippen LogP contribution in [0.25, 0.3) is 0 Å². The van der Waals surface area contributed by atoms with E-state index in [0.717, 1.165) is 6.42 Å². The summed E-state index contributed by atoms with van der Waals surface area (Å²) in [5.74, 6) is 0.553. The minimum absolute atomic E-state index is 0.0267. The molecule has 0 unspecified atom stereocenters. The Labute approximate surface area is 93.1 Å². The number of hydrogen-bond acceptors (Lipinski definition) is 3. The molecule has 14 heavy (non-hydrogen) atoms. The molecule has 0 amide bonds. The first-order valence-corrected chi connectivity index (χ1v) is 5.11. The van der Waals surface area contributed by atoms with E-state index in [2.05, 4.69) is 10.3 Å². The molecule has 0 saturated heterocycles. The Morgan fingerprint density at radius 2 is 2.29 bits per heavy atom. The molecule has 1 atom stereocenters. The summed E-state index contributed by atoms with van der Waals surface area (Å²) >= 11 is 11.6. The van der Waals surface area contributed by atoms with Crippen LogP contribution in [0.3, 0.4) is 0 Å². The molecule has 78 valence electrons. The number of rotatable bonds is 4. The van der Waals surface area contributed by atoms with Crippen LogP contribution in [0.4, 0.5) is 5.82 Å². The zero-order valence-electron chi connectivity index (χ0n) is 7.80.